The van der Waals surface area contributed by atoms with Crippen LogP contribution in [0.5, 0.6) is 0 Å². The van der Waals surface area contributed by atoms with Crippen molar-refractivity contribution in [1.29, 1.82) is 0 Å². The minimum Gasteiger partial charge on any atom is -0.393 e. The SMILES string of the molecule is CC1(C)CC[C@]23CC[C@]4(C)[C@@H](CC[C@@H]5[C@@]6(C)CC[C@@H](O)C(C)(C)[C@@H]6CC[C@]54C)[C@H]2[C@H]1OC3. The first-order valence-corrected chi connectivity index (χ1v) is 14.1. The molecular weight excluding hydrogens is 392 g/mol. The summed E-state index contributed by atoms with van der Waals surface area (Å²) in [6.07, 6.45) is 13.7. The summed E-state index contributed by atoms with van der Waals surface area (Å²) < 4.78 is 6.71. The topological polar surface area (TPSA) is 29.5 Å². The van der Waals surface area contributed by atoms with E-state index in [0.29, 0.717) is 39.1 Å². The van der Waals surface area contributed by atoms with Crippen LogP contribution in [0.15, 0.2) is 0 Å². The van der Waals surface area contributed by atoms with Gasteiger partial charge in [0.25, 0.3) is 0 Å². The second kappa shape index (κ2) is 6.37. The van der Waals surface area contributed by atoms with Crippen molar-refractivity contribution < 1.29 is 9.84 Å². The number of ether oxygens (including phenoxy) is 1. The quantitative estimate of drug-likeness (QED) is 0.428. The molecule has 0 amide bonds. The van der Waals surface area contributed by atoms with Gasteiger partial charge in [0.1, 0.15) is 0 Å². The molecule has 32 heavy (non-hydrogen) atoms. The predicted molar refractivity (Wildman–Crippen MR) is 130 cm³/mol. The van der Waals surface area contributed by atoms with Gasteiger partial charge < -0.3 is 9.84 Å². The van der Waals surface area contributed by atoms with E-state index in [1.54, 1.807) is 0 Å². The zero-order valence-corrected chi connectivity index (χ0v) is 22.1. The van der Waals surface area contributed by atoms with Gasteiger partial charge in [-0.1, -0.05) is 48.5 Å². The van der Waals surface area contributed by atoms with Crippen molar-refractivity contribution in [1.82, 2.24) is 0 Å². The molecular formula is C30H50O2. The molecule has 6 fully saturated rings. The van der Waals surface area contributed by atoms with Gasteiger partial charge in [-0.05, 0) is 120 Å². The molecule has 2 bridgehead atoms. The second-order valence-electron chi connectivity index (χ2n) is 15.7. The molecule has 182 valence electrons. The number of aliphatic hydroxyl groups is 1. The third-order valence-corrected chi connectivity index (χ3v) is 14.1. The molecule has 1 saturated heterocycles. The number of rotatable bonds is 0. The van der Waals surface area contributed by atoms with E-state index >= 15 is 0 Å². The van der Waals surface area contributed by atoms with E-state index in [1.807, 2.05) is 0 Å². The Morgan fingerprint density at radius 3 is 2.16 bits per heavy atom. The molecule has 0 radical (unpaired) electrons. The number of hydrogen-bond acceptors (Lipinski definition) is 2. The van der Waals surface area contributed by atoms with Gasteiger partial charge in [-0.3, -0.25) is 0 Å². The molecule has 0 aromatic heterocycles. The first-order chi connectivity index (χ1) is 14.8. The van der Waals surface area contributed by atoms with Gasteiger partial charge in [0, 0.05) is 0 Å². The van der Waals surface area contributed by atoms with E-state index in [1.165, 1.54) is 57.8 Å². The lowest BCUT2D eigenvalue weighted by Crippen LogP contribution is -2.67. The van der Waals surface area contributed by atoms with E-state index in [9.17, 15) is 5.11 Å². The Hall–Kier alpha value is -0.0800. The summed E-state index contributed by atoms with van der Waals surface area (Å²) in [6, 6.07) is 0. The summed E-state index contributed by atoms with van der Waals surface area (Å²) in [6.45, 7) is 18.9. The molecule has 5 saturated carbocycles. The highest BCUT2D eigenvalue weighted by Gasteiger charge is 2.72. The first-order valence-electron chi connectivity index (χ1n) is 14.1. The van der Waals surface area contributed by atoms with Gasteiger partial charge in [-0.2, -0.15) is 0 Å². The fourth-order valence-electron chi connectivity index (χ4n) is 12.0. The summed E-state index contributed by atoms with van der Waals surface area (Å²) >= 11 is 0. The Labute approximate surface area is 197 Å². The summed E-state index contributed by atoms with van der Waals surface area (Å²) in [5.41, 5.74) is 2.16. The highest BCUT2D eigenvalue weighted by Crippen LogP contribution is 2.78. The third-order valence-electron chi connectivity index (χ3n) is 14.1. The molecule has 0 aromatic carbocycles. The largest absolute Gasteiger partial charge is 0.393 e. The van der Waals surface area contributed by atoms with Gasteiger partial charge >= 0.3 is 0 Å². The fraction of sp³-hybridized carbons (Fsp3) is 1.00. The van der Waals surface area contributed by atoms with Crippen LogP contribution in [0.25, 0.3) is 0 Å². The lowest BCUT2D eigenvalue weighted by atomic mass is 9.31. The van der Waals surface area contributed by atoms with Crippen LogP contribution in [0.3, 0.4) is 0 Å². The summed E-state index contributed by atoms with van der Waals surface area (Å²) in [5.74, 6) is 3.11. The van der Waals surface area contributed by atoms with Crippen LogP contribution >= 0.6 is 0 Å². The van der Waals surface area contributed by atoms with E-state index in [0.717, 1.165) is 30.8 Å². The molecule has 5 aliphatic carbocycles. The van der Waals surface area contributed by atoms with Crippen molar-refractivity contribution in [3.05, 3.63) is 0 Å². The van der Waals surface area contributed by atoms with E-state index in [4.69, 9.17) is 4.74 Å². The molecule has 6 aliphatic rings. The minimum absolute atomic E-state index is 0.0586. The molecule has 0 spiro atoms. The van der Waals surface area contributed by atoms with Crippen LogP contribution in [0.4, 0.5) is 0 Å². The highest BCUT2D eigenvalue weighted by atomic mass is 16.5. The average Bonchev–Trinajstić information content (AvgIpc) is 3.05. The maximum absolute atomic E-state index is 10.9. The van der Waals surface area contributed by atoms with Gasteiger partial charge in [0.2, 0.25) is 0 Å². The van der Waals surface area contributed by atoms with E-state index in [-0.39, 0.29) is 11.5 Å². The van der Waals surface area contributed by atoms with Crippen LogP contribution in [0.1, 0.15) is 113 Å². The number of hydrogen-bond donors (Lipinski definition) is 1. The van der Waals surface area contributed by atoms with Crippen LogP contribution < -0.4 is 0 Å². The zero-order valence-electron chi connectivity index (χ0n) is 22.1. The Morgan fingerprint density at radius 2 is 1.41 bits per heavy atom. The van der Waals surface area contributed by atoms with Gasteiger partial charge in [-0.15, -0.1) is 0 Å². The smallest absolute Gasteiger partial charge is 0.0663 e. The summed E-state index contributed by atoms with van der Waals surface area (Å²) in [7, 11) is 0. The molecule has 6 rings (SSSR count). The normalized spacial score (nSPS) is 60.0. The van der Waals surface area contributed by atoms with Crippen LogP contribution in [0, 0.1) is 56.2 Å². The van der Waals surface area contributed by atoms with Crippen LogP contribution in [0.2, 0.25) is 0 Å². The van der Waals surface area contributed by atoms with Crippen molar-refractivity contribution in [2.45, 2.75) is 125 Å². The maximum Gasteiger partial charge on any atom is 0.0663 e. The summed E-state index contributed by atoms with van der Waals surface area (Å²) in [4.78, 5) is 0. The van der Waals surface area contributed by atoms with Gasteiger partial charge in [0.05, 0.1) is 18.8 Å². The molecule has 1 N–H and O–H groups in total. The Kier molecular flexibility index (Phi) is 4.46. The van der Waals surface area contributed by atoms with Gasteiger partial charge in [-0.25, -0.2) is 0 Å². The minimum atomic E-state index is -0.122. The maximum atomic E-state index is 10.9. The Morgan fingerprint density at radius 1 is 0.688 bits per heavy atom. The summed E-state index contributed by atoms with van der Waals surface area (Å²) in [5, 5.41) is 10.9. The van der Waals surface area contributed by atoms with Gasteiger partial charge in [0.15, 0.2) is 0 Å². The second-order valence-corrected chi connectivity index (χ2v) is 15.7. The van der Waals surface area contributed by atoms with Crippen molar-refractivity contribution in [2.75, 3.05) is 6.61 Å². The number of fused-ring (bicyclic) bond motifs is 5. The third kappa shape index (κ3) is 2.41. The zero-order chi connectivity index (χ0) is 22.9. The first kappa shape index (κ1) is 22.4. The number of aliphatic hydroxyl groups excluding tert-OH is 1. The predicted octanol–water partition coefficient (Wildman–Crippen LogP) is 7.24. The molecule has 10 atom stereocenters. The Bertz CT molecular complexity index is 801. The molecule has 2 nitrogen and oxygen atoms in total. The fourth-order valence-corrected chi connectivity index (χ4v) is 12.0. The van der Waals surface area contributed by atoms with Crippen molar-refractivity contribution in [2.24, 2.45) is 56.2 Å². The van der Waals surface area contributed by atoms with Crippen molar-refractivity contribution in [3.63, 3.8) is 0 Å². The van der Waals surface area contributed by atoms with E-state index < -0.39 is 0 Å². The van der Waals surface area contributed by atoms with E-state index in [2.05, 4.69) is 48.5 Å². The average molecular weight is 443 g/mol. The molecule has 0 unspecified atom stereocenters. The van der Waals surface area contributed by atoms with Crippen molar-refractivity contribution in [3.8, 4) is 0 Å². The standard InChI is InChI=1S/C30H50O2/c1-25(2)14-16-30-17-15-28(6)19(23(30)24(25)32-18-30)8-9-21-27(5)12-11-22(31)26(3,4)20(27)10-13-29(21,28)7/h19-24,31H,8-18H2,1-7H3/t19-,20-,21+,22+,23-,24+,27-,28+,29+,30+/m0/s1. The molecule has 1 heterocycles. The highest BCUT2D eigenvalue weighted by molar-refractivity contribution is 5.21. The van der Waals surface area contributed by atoms with Crippen LogP contribution in [-0.2, 0) is 4.74 Å². The lowest BCUT2D eigenvalue weighted by Gasteiger charge is -2.73. The molecule has 0 aromatic rings. The lowest BCUT2D eigenvalue weighted by molar-refractivity contribution is -0.252. The van der Waals surface area contributed by atoms with Crippen LogP contribution in [-0.4, -0.2) is 23.9 Å². The van der Waals surface area contributed by atoms with Crippen molar-refractivity contribution >= 4 is 0 Å². The molecule has 2 heteroatoms. The Balaban J connectivity index is 1.39. The monoisotopic (exact) mass is 442 g/mol. The molecule has 1 aliphatic heterocycles.